The molecule has 1 aromatic carbocycles. The topological polar surface area (TPSA) is 80.0 Å². The smallest absolute Gasteiger partial charge is 0.237 e. The Labute approximate surface area is 121 Å². The first-order valence-corrected chi connectivity index (χ1v) is 6.96. The van der Waals surface area contributed by atoms with Gasteiger partial charge in [0.25, 0.3) is 0 Å². The van der Waals surface area contributed by atoms with Crippen molar-refractivity contribution < 1.29 is 9.90 Å². The molecule has 20 heavy (non-hydrogen) atoms. The summed E-state index contributed by atoms with van der Waals surface area (Å²) in [5.41, 5.74) is 1.34. The average Bonchev–Trinajstić information content (AvgIpc) is 2.78. The van der Waals surface area contributed by atoms with Crippen LogP contribution < -0.4 is 5.32 Å². The van der Waals surface area contributed by atoms with E-state index in [1.54, 1.807) is 30.0 Å². The molecule has 2 N–H and O–H groups in total. The highest BCUT2D eigenvalue weighted by Crippen LogP contribution is 2.26. The van der Waals surface area contributed by atoms with Crippen LogP contribution in [-0.2, 0) is 11.8 Å². The first kappa shape index (κ1) is 14.4. The maximum absolute atomic E-state index is 12.1. The molecule has 106 valence electrons. The molecule has 1 atom stereocenters. The normalized spacial score (nSPS) is 12.2. The van der Waals surface area contributed by atoms with Crippen LogP contribution in [-0.4, -0.2) is 31.0 Å². The number of hydrogen-bond donors (Lipinski definition) is 2. The van der Waals surface area contributed by atoms with Gasteiger partial charge in [-0.25, -0.2) is 0 Å². The van der Waals surface area contributed by atoms with Crippen molar-refractivity contribution in [1.82, 2.24) is 14.8 Å². The summed E-state index contributed by atoms with van der Waals surface area (Å²) >= 11 is 1.31. The fourth-order valence-corrected chi connectivity index (χ4v) is 2.36. The van der Waals surface area contributed by atoms with Crippen molar-refractivity contribution in [2.24, 2.45) is 7.05 Å². The summed E-state index contributed by atoms with van der Waals surface area (Å²) in [5, 5.41) is 20.5. The van der Waals surface area contributed by atoms with Crippen LogP contribution in [0.25, 0.3) is 0 Å². The predicted octanol–water partition coefficient (Wildman–Crippen LogP) is 1.95. The van der Waals surface area contributed by atoms with E-state index in [4.69, 9.17) is 0 Å². The van der Waals surface area contributed by atoms with Gasteiger partial charge in [-0.1, -0.05) is 17.8 Å². The molecule has 0 aliphatic carbocycles. The standard InChI is InChI=1S/C13H16N4O2S/c1-8-4-5-10(11(18)6-8)15-12(19)9(2)20-13-16-14-7-17(13)3/h4-7,9,18H,1-3H3,(H,15,19). The highest BCUT2D eigenvalue weighted by Gasteiger charge is 2.18. The zero-order valence-corrected chi connectivity index (χ0v) is 12.3. The molecule has 0 radical (unpaired) electrons. The van der Waals surface area contributed by atoms with Crippen molar-refractivity contribution in [3.8, 4) is 5.75 Å². The number of rotatable bonds is 4. The minimum atomic E-state index is -0.349. The van der Waals surface area contributed by atoms with Crippen molar-refractivity contribution in [2.45, 2.75) is 24.3 Å². The Kier molecular flexibility index (Phi) is 4.29. The van der Waals surface area contributed by atoms with Crippen molar-refractivity contribution in [3.63, 3.8) is 0 Å². The summed E-state index contributed by atoms with van der Waals surface area (Å²) in [5.74, 6) is -0.133. The lowest BCUT2D eigenvalue weighted by Crippen LogP contribution is -2.22. The van der Waals surface area contributed by atoms with Gasteiger partial charge >= 0.3 is 0 Å². The minimum Gasteiger partial charge on any atom is -0.506 e. The van der Waals surface area contributed by atoms with E-state index in [1.165, 1.54) is 11.8 Å². The lowest BCUT2D eigenvalue weighted by molar-refractivity contribution is -0.115. The Bertz CT molecular complexity index is 627. The van der Waals surface area contributed by atoms with Crippen molar-refractivity contribution in [3.05, 3.63) is 30.1 Å². The van der Waals surface area contributed by atoms with Gasteiger partial charge in [0.05, 0.1) is 10.9 Å². The molecule has 0 aliphatic heterocycles. The largest absolute Gasteiger partial charge is 0.506 e. The second kappa shape index (κ2) is 5.96. The monoisotopic (exact) mass is 292 g/mol. The summed E-state index contributed by atoms with van der Waals surface area (Å²) < 4.78 is 1.75. The molecule has 1 aromatic heterocycles. The molecule has 0 bridgehead atoms. The van der Waals surface area contributed by atoms with Crippen molar-refractivity contribution >= 4 is 23.4 Å². The van der Waals surface area contributed by atoms with Crippen LogP contribution in [0.3, 0.4) is 0 Å². The summed E-state index contributed by atoms with van der Waals surface area (Å²) in [4.78, 5) is 12.1. The van der Waals surface area contributed by atoms with Crippen molar-refractivity contribution in [1.29, 1.82) is 0 Å². The number of aromatic nitrogens is 3. The molecule has 1 unspecified atom stereocenters. The van der Waals surface area contributed by atoms with Gasteiger partial charge in [-0.15, -0.1) is 10.2 Å². The third-order valence-corrected chi connectivity index (χ3v) is 3.88. The van der Waals surface area contributed by atoms with Crippen molar-refractivity contribution in [2.75, 3.05) is 5.32 Å². The number of thioether (sulfide) groups is 1. The maximum atomic E-state index is 12.1. The fourth-order valence-electron chi connectivity index (χ4n) is 1.57. The fraction of sp³-hybridized carbons (Fsp3) is 0.308. The zero-order valence-electron chi connectivity index (χ0n) is 11.5. The Hall–Kier alpha value is -2.02. The SMILES string of the molecule is Cc1ccc(NC(=O)C(C)Sc2nncn2C)c(O)c1. The quantitative estimate of drug-likeness (QED) is 0.665. The average molecular weight is 292 g/mol. The molecular weight excluding hydrogens is 276 g/mol. The molecule has 2 rings (SSSR count). The summed E-state index contributed by atoms with van der Waals surface area (Å²) in [6, 6.07) is 5.12. The van der Waals surface area contributed by atoms with Gasteiger partial charge in [-0.2, -0.15) is 0 Å². The maximum Gasteiger partial charge on any atom is 0.237 e. The molecule has 0 aliphatic rings. The van der Waals surface area contributed by atoms with Gasteiger partial charge in [0.1, 0.15) is 12.1 Å². The molecule has 6 nitrogen and oxygen atoms in total. The molecule has 2 aromatic rings. The number of nitrogens with one attached hydrogen (secondary N) is 1. The van der Waals surface area contributed by atoms with E-state index >= 15 is 0 Å². The Balaban J connectivity index is 2.02. The predicted molar refractivity (Wildman–Crippen MR) is 77.8 cm³/mol. The molecule has 1 amide bonds. The first-order chi connectivity index (χ1) is 9.47. The van der Waals surface area contributed by atoms with Gasteiger partial charge in [0.15, 0.2) is 5.16 Å². The number of phenolic OH excluding ortho intramolecular Hbond substituents is 1. The van der Waals surface area contributed by atoms with E-state index in [2.05, 4.69) is 15.5 Å². The van der Waals surface area contributed by atoms with E-state index in [-0.39, 0.29) is 16.9 Å². The number of phenols is 1. The lowest BCUT2D eigenvalue weighted by Gasteiger charge is -2.12. The number of nitrogens with zero attached hydrogens (tertiary/aromatic N) is 3. The third kappa shape index (κ3) is 3.30. The van der Waals surface area contributed by atoms with Crippen LogP contribution in [0.5, 0.6) is 5.75 Å². The Morgan fingerprint density at radius 2 is 2.25 bits per heavy atom. The summed E-state index contributed by atoms with van der Waals surface area (Å²) in [6.07, 6.45) is 1.58. The van der Waals surface area contributed by atoms with Gasteiger partial charge in [-0.3, -0.25) is 4.79 Å². The number of hydrogen-bond acceptors (Lipinski definition) is 5. The molecule has 0 saturated carbocycles. The van der Waals surface area contributed by atoms with E-state index in [0.717, 1.165) is 5.56 Å². The Morgan fingerprint density at radius 3 is 2.85 bits per heavy atom. The number of carbonyl (C=O) groups is 1. The van der Waals surface area contributed by atoms with E-state index in [1.807, 2.05) is 20.0 Å². The van der Waals surface area contributed by atoms with Gasteiger partial charge in [-0.05, 0) is 31.5 Å². The summed E-state index contributed by atoms with van der Waals surface area (Å²) in [7, 11) is 1.82. The van der Waals surface area contributed by atoms with Crippen LogP contribution >= 0.6 is 11.8 Å². The van der Waals surface area contributed by atoms with Gasteiger partial charge < -0.3 is 15.0 Å². The third-order valence-electron chi connectivity index (χ3n) is 2.73. The molecule has 0 fully saturated rings. The van der Waals surface area contributed by atoms with E-state index < -0.39 is 0 Å². The van der Waals surface area contributed by atoms with Crippen LogP contribution in [0.1, 0.15) is 12.5 Å². The summed E-state index contributed by atoms with van der Waals surface area (Å²) in [6.45, 7) is 3.65. The van der Waals surface area contributed by atoms with Crippen LogP contribution in [0, 0.1) is 6.92 Å². The van der Waals surface area contributed by atoms with E-state index in [0.29, 0.717) is 10.8 Å². The molecular formula is C13H16N4O2S. The highest BCUT2D eigenvalue weighted by atomic mass is 32.2. The van der Waals surface area contributed by atoms with Crippen LogP contribution in [0.2, 0.25) is 0 Å². The van der Waals surface area contributed by atoms with Crippen LogP contribution in [0.4, 0.5) is 5.69 Å². The second-order valence-corrected chi connectivity index (χ2v) is 5.80. The number of carbonyl (C=O) groups excluding carboxylic acids is 1. The molecule has 7 heteroatoms. The number of aryl methyl sites for hydroxylation is 2. The number of anilines is 1. The second-order valence-electron chi connectivity index (χ2n) is 4.49. The zero-order chi connectivity index (χ0) is 14.7. The van der Waals surface area contributed by atoms with Crippen LogP contribution in [0.15, 0.2) is 29.7 Å². The molecule has 0 saturated heterocycles. The van der Waals surface area contributed by atoms with E-state index in [9.17, 15) is 9.90 Å². The molecule has 0 spiro atoms. The minimum absolute atomic E-state index is 0.0641. The number of benzene rings is 1. The Morgan fingerprint density at radius 1 is 1.50 bits per heavy atom. The first-order valence-electron chi connectivity index (χ1n) is 6.08. The lowest BCUT2D eigenvalue weighted by atomic mass is 10.2. The van der Waals surface area contributed by atoms with Gasteiger partial charge in [0, 0.05) is 7.05 Å². The number of aromatic hydroxyl groups is 1. The number of amides is 1. The highest BCUT2D eigenvalue weighted by molar-refractivity contribution is 8.00. The van der Waals surface area contributed by atoms with Gasteiger partial charge in [0.2, 0.25) is 5.91 Å². The molecule has 1 heterocycles.